The maximum absolute atomic E-state index is 12.8. The summed E-state index contributed by atoms with van der Waals surface area (Å²) in [7, 11) is 0. The number of benzene rings is 1. The van der Waals surface area contributed by atoms with Crippen LogP contribution in [0.3, 0.4) is 0 Å². The minimum absolute atomic E-state index is 0.00835. The SMILES string of the molecule is Cc1cccc(CNC(=O)c2cnc3sc(N4CCCC(C)C4)nn3c2=O)c1. The Labute approximate surface area is 167 Å². The fourth-order valence-corrected chi connectivity index (χ4v) is 4.42. The number of piperidine rings is 1. The molecule has 0 radical (unpaired) electrons. The molecule has 1 saturated heterocycles. The Morgan fingerprint density at radius 1 is 1.39 bits per heavy atom. The molecule has 0 spiro atoms. The highest BCUT2D eigenvalue weighted by Crippen LogP contribution is 2.26. The number of carbonyl (C=O) groups is 1. The summed E-state index contributed by atoms with van der Waals surface area (Å²) in [6, 6.07) is 7.88. The van der Waals surface area contributed by atoms with Gasteiger partial charge in [0.25, 0.3) is 11.5 Å². The summed E-state index contributed by atoms with van der Waals surface area (Å²) >= 11 is 1.39. The first kappa shape index (κ1) is 18.6. The summed E-state index contributed by atoms with van der Waals surface area (Å²) < 4.78 is 1.25. The highest BCUT2D eigenvalue weighted by Gasteiger charge is 2.22. The summed E-state index contributed by atoms with van der Waals surface area (Å²) in [4.78, 5) is 32.3. The fraction of sp³-hybridized carbons (Fsp3) is 0.400. The molecule has 28 heavy (non-hydrogen) atoms. The number of rotatable bonds is 4. The first-order chi connectivity index (χ1) is 13.5. The van der Waals surface area contributed by atoms with E-state index in [1.807, 2.05) is 31.2 Å². The summed E-state index contributed by atoms with van der Waals surface area (Å²) in [5.41, 5.74) is 1.68. The van der Waals surface area contributed by atoms with Gasteiger partial charge in [0.15, 0.2) is 0 Å². The third-order valence-corrected chi connectivity index (χ3v) is 5.97. The molecule has 0 saturated carbocycles. The van der Waals surface area contributed by atoms with Crippen LogP contribution in [0.1, 0.15) is 41.3 Å². The summed E-state index contributed by atoms with van der Waals surface area (Å²) in [5.74, 6) is 0.169. The zero-order chi connectivity index (χ0) is 19.7. The molecule has 8 heteroatoms. The lowest BCUT2D eigenvalue weighted by molar-refractivity contribution is 0.0948. The molecule has 3 heterocycles. The largest absolute Gasteiger partial charge is 0.348 e. The Hall–Kier alpha value is -2.74. The van der Waals surface area contributed by atoms with E-state index in [0.29, 0.717) is 17.4 Å². The van der Waals surface area contributed by atoms with Gasteiger partial charge in [-0.1, -0.05) is 48.1 Å². The standard InChI is InChI=1S/C20H23N5O2S/c1-13-5-3-7-15(9-13)10-21-17(26)16-11-22-19-25(18(16)27)23-20(28-19)24-8-4-6-14(2)12-24/h3,5,7,9,11,14H,4,6,8,10,12H2,1-2H3,(H,21,26). The van der Waals surface area contributed by atoms with Crippen LogP contribution in [-0.2, 0) is 6.54 Å². The van der Waals surface area contributed by atoms with Crippen molar-refractivity contribution in [1.82, 2.24) is 19.9 Å². The number of nitrogens with zero attached hydrogens (tertiary/aromatic N) is 4. The first-order valence-electron chi connectivity index (χ1n) is 9.49. The zero-order valence-electron chi connectivity index (χ0n) is 16.0. The molecule has 1 aromatic carbocycles. The summed E-state index contributed by atoms with van der Waals surface area (Å²) in [6.45, 7) is 6.44. The normalized spacial score (nSPS) is 17.1. The second-order valence-corrected chi connectivity index (χ2v) is 8.36. The number of hydrogen-bond acceptors (Lipinski definition) is 6. The van der Waals surface area contributed by atoms with Crippen molar-refractivity contribution in [2.45, 2.75) is 33.2 Å². The van der Waals surface area contributed by atoms with Crippen molar-refractivity contribution >= 4 is 27.3 Å². The Morgan fingerprint density at radius 3 is 3.04 bits per heavy atom. The second-order valence-electron chi connectivity index (χ2n) is 7.42. The lowest BCUT2D eigenvalue weighted by Crippen LogP contribution is -2.34. The Morgan fingerprint density at radius 2 is 2.25 bits per heavy atom. The van der Waals surface area contributed by atoms with E-state index in [4.69, 9.17) is 0 Å². The number of fused-ring (bicyclic) bond motifs is 1. The van der Waals surface area contributed by atoms with Crippen LogP contribution >= 0.6 is 11.3 Å². The van der Waals surface area contributed by atoms with Gasteiger partial charge in [-0.2, -0.15) is 4.52 Å². The lowest BCUT2D eigenvalue weighted by atomic mass is 10.0. The number of aromatic nitrogens is 3. The van der Waals surface area contributed by atoms with Gasteiger partial charge >= 0.3 is 0 Å². The third kappa shape index (κ3) is 3.77. The van der Waals surface area contributed by atoms with Crippen molar-refractivity contribution in [2.24, 2.45) is 5.92 Å². The molecule has 1 aliphatic heterocycles. The minimum Gasteiger partial charge on any atom is -0.348 e. The van der Waals surface area contributed by atoms with Crippen molar-refractivity contribution in [3.63, 3.8) is 0 Å². The van der Waals surface area contributed by atoms with Gasteiger partial charge < -0.3 is 10.2 Å². The molecule has 4 rings (SSSR count). The smallest absolute Gasteiger partial charge is 0.288 e. The van der Waals surface area contributed by atoms with Crippen molar-refractivity contribution in [1.29, 1.82) is 0 Å². The second kappa shape index (κ2) is 7.71. The highest BCUT2D eigenvalue weighted by molar-refractivity contribution is 7.20. The van der Waals surface area contributed by atoms with Gasteiger partial charge in [-0.05, 0) is 31.2 Å². The van der Waals surface area contributed by atoms with E-state index in [1.165, 1.54) is 28.5 Å². The molecule has 1 amide bonds. The van der Waals surface area contributed by atoms with Crippen molar-refractivity contribution in [2.75, 3.05) is 18.0 Å². The van der Waals surface area contributed by atoms with Crippen LogP contribution in [0.5, 0.6) is 0 Å². The molecule has 2 aromatic heterocycles. The molecule has 3 aromatic rings. The number of amides is 1. The molecule has 1 fully saturated rings. The lowest BCUT2D eigenvalue weighted by Gasteiger charge is -2.30. The van der Waals surface area contributed by atoms with Gasteiger partial charge in [-0.3, -0.25) is 9.59 Å². The van der Waals surface area contributed by atoms with E-state index in [-0.39, 0.29) is 5.56 Å². The number of carbonyl (C=O) groups excluding carboxylic acids is 1. The van der Waals surface area contributed by atoms with E-state index >= 15 is 0 Å². The topological polar surface area (TPSA) is 79.6 Å². The average Bonchev–Trinajstić information content (AvgIpc) is 3.12. The Balaban J connectivity index is 1.55. The van der Waals surface area contributed by atoms with Gasteiger partial charge in [0.1, 0.15) is 5.56 Å². The van der Waals surface area contributed by atoms with Crippen LogP contribution in [0.4, 0.5) is 5.13 Å². The van der Waals surface area contributed by atoms with Gasteiger partial charge in [-0.25, -0.2) is 4.98 Å². The molecule has 1 N–H and O–H groups in total. The maximum Gasteiger partial charge on any atom is 0.288 e. The molecular weight excluding hydrogens is 374 g/mol. The molecule has 7 nitrogen and oxygen atoms in total. The van der Waals surface area contributed by atoms with E-state index in [2.05, 4.69) is 27.2 Å². The van der Waals surface area contributed by atoms with Crippen LogP contribution in [0.15, 0.2) is 35.3 Å². The number of aryl methyl sites for hydroxylation is 1. The molecular formula is C20H23N5O2S. The summed E-state index contributed by atoms with van der Waals surface area (Å²) in [5, 5.41) is 8.03. The Kier molecular flexibility index (Phi) is 5.13. The van der Waals surface area contributed by atoms with Crippen LogP contribution < -0.4 is 15.8 Å². The zero-order valence-corrected chi connectivity index (χ0v) is 16.8. The maximum atomic E-state index is 12.8. The number of anilines is 1. The van der Waals surface area contributed by atoms with E-state index in [0.717, 1.165) is 35.8 Å². The van der Waals surface area contributed by atoms with Crippen molar-refractivity contribution in [3.05, 3.63) is 57.5 Å². The third-order valence-electron chi connectivity index (χ3n) is 4.98. The van der Waals surface area contributed by atoms with Crippen molar-refractivity contribution < 1.29 is 4.79 Å². The predicted molar refractivity (Wildman–Crippen MR) is 110 cm³/mol. The minimum atomic E-state index is -0.436. The van der Waals surface area contributed by atoms with E-state index < -0.39 is 11.5 Å². The first-order valence-corrected chi connectivity index (χ1v) is 10.3. The molecule has 0 aliphatic carbocycles. The van der Waals surface area contributed by atoms with Gasteiger partial charge in [0.2, 0.25) is 10.1 Å². The molecule has 0 bridgehead atoms. The van der Waals surface area contributed by atoms with E-state index in [1.54, 1.807) is 0 Å². The van der Waals surface area contributed by atoms with Crippen LogP contribution in [-0.4, -0.2) is 33.6 Å². The quantitative estimate of drug-likeness (QED) is 0.732. The monoisotopic (exact) mass is 397 g/mol. The van der Waals surface area contributed by atoms with Crippen LogP contribution in [0.25, 0.3) is 4.96 Å². The van der Waals surface area contributed by atoms with Crippen molar-refractivity contribution in [3.8, 4) is 0 Å². The number of nitrogens with one attached hydrogen (secondary N) is 1. The molecule has 1 unspecified atom stereocenters. The van der Waals surface area contributed by atoms with Gasteiger partial charge in [0, 0.05) is 25.8 Å². The Bertz CT molecular complexity index is 1070. The summed E-state index contributed by atoms with van der Waals surface area (Å²) in [6.07, 6.45) is 3.68. The van der Waals surface area contributed by atoms with E-state index in [9.17, 15) is 9.59 Å². The number of hydrogen-bond donors (Lipinski definition) is 1. The molecule has 1 atom stereocenters. The van der Waals surface area contributed by atoms with Gasteiger partial charge in [0.05, 0.1) is 0 Å². The average molecular weight is 398 g/mol. The van der Waals surface area contributed by atoms with Crippen LogP contribution in [0, 0.1) is 12.8 Å². The van der Waals surface area contributed by atoms with Crippen LogP contribution in [0.2, 0.25) is 0 Å². The molecule has 1 aliphatic rings. The fourth-order valence-electron chi connectivity index (χ4n) is 3.52. The highest BCUT2D eigenvalue weighted by atomic mass is 32.1. The van der Waals surface area contributed by atoms with Gasteiger partial charge in [-0.15, -0.1) is 5.10 Å². The predicted octanol–water partition coefficient (Wildman–Crippen LogP) is 2.63. The molecule has 146 valence electrons.